The molecule has 0 atom stereocenters. The van der Waals surface area contributed by atoms with E-state index in [2.05, 4.69) is 7.85 Å². The van der Waals surface area contributed by atoms with Gasteiger partial charge >= 0.3 is 0 Å². The Balaban J connectivity index is 2.34. The molecule has 0 aromatic heterocycles. The summed E-state index contributed by atoms with van der Waals surface area (Å²) in [6, 6.07) is 0. The molecule has 0 aliphatic carbocycles. The molecule has 0 rings (SSSR count). The first-order valence-electron chi connectivity index (χ1n) is 2.40. The van der Waals surface area contributed by atoms with Crippen molar-refractivity contribution < 1.29 is 4.74 Å². The third-order valence-electron chi connectivity index (χ3n) is 0.702. The summed E-state index contributed by atoms with van der Waals surface area (Å²) in [6.07, 6.45) is 2.42. The lowest BCUT2D eigenvalue weighted by atomic mass is 10.0. The topological polar surface area (TPSA) is 9.23 Å². The standard InChI is InChI=1S/C4H11BO/c1-6-4-2-3-5/h2-5H2,1H3. The van der Waals surface area contributed by atoms with Crippen molar-refractivity contribution in [1.82, 2.24) is 0 Å². The largest absolute Gasteiger partial charge is 0.385 e. The van der Waals surface area contributed by atoms with Crippen LogP contribution in [0.2, 0.25) is 6.32 Å². The second-order valence-electron chi connectivity index (χ2n) is 1.35. The van der Waals surface area contributed by atoms with Gasteiger partial charge in [-0.3, -0.25) is 0 Å². The Morgan fingerprint density at radius 2 is 2.33 bits per heavy atom. The lowest BCUT2D eigenvalue weighted by molar-refractivity contribution is 0.199. The highest BCUT2D eigenvalue weighted by molar-refractivity contribution is 6.08. The lowest BCUT2D eigenvalue weighted by Crippen LogP contribution is -1.85. The van der Waals surface area contributed by atoms with E-state index in [1.807, 2.05) is 0 Å². The highest BCUT2D eigenvalue weighted by Gasteiger charge is 1.75. The van der Waals surface area contributed by atoms with E-state index in [4.69, 9.17) is 4.74 Å². The monoisotopic (exact) mass is 86.1 g/mol. The predicted octanol–water partition coefficient (Wildman–Crippen LogP) is 0.0743. The van der Waals surface area contributed by atoms with Crippen LogP contribution in [0.4, 0.5) is 0 Å². The molecule has 0 heterocycles. The van der Waals surface area contributed by atoms with E-state index in [1.54, 1.807) is 7.11 Å². The van der Waals surface area contributed by atoms with E-state index in [0.29, 0.717) is 0 Å². The normalized spacial score (nSPS) is 8.83. The van der Waals surface area contributed by atoms with Gasteiger partial charge in [-0.25, -0.2) is 0 Å². The summed E-state index contributed by atoms with van der Waals surface area (Å²) in [7, 11) is 3.88. The van der Waals surface area contributed by atoms with Crippen molar-refractivity contribution in [2.75, 3.05) is 13.7 Å². The molecule has 0 fully saturated rings. The zero-order valence-electron chi connectivity index (χ0n) is 4.53. The molecule has 0 aliphatic heterocycles. The summed E-state index contributed by atoms with van der Waals surface area (Å²) in [5, 5.41) is 0. The van der Waals surface area contributed by atoms with Crippen molar-refractivity contribution in [3.05, 3.63) is 0 Å². The first-order chi connectivity index (χ1) is 2.91. The van der Waals surface area contributed by atoms with Crippen LogP contribution in [-0.4, -0.2) is 21.6 Å². The average Bonchev–Trinajstić information content (AvgIpc) is 1.61. The van der Waals surface area contributed by atoms with Crippen molar-refractivity contribution in [2.24, 2.45) is 0 Å². The fraction of sp³-hybridized carbons (Fsp3) is 1.00. The van der Waals surface area contributed by atoms with Gasteiger partial charge in [0, 0.05) is 13.7 Å². The first kappa shape index (κ1) is 6.02. The quantitative estimate of drug-likeness (QED) is 0.349. The summed E-state index contributed by atoms with van der Waals surface area (Å²) < 4.78 is 4.78. The van der Waals surface area contributed by atoms with Crippen LogP contribution in [0, 0.1) is 0 Å². The van der Waals surface area contributed by atoms with Crippen LogP contribution < -0.4 is 0 Å². The Morgan fingerprint density at radius 1 is 1.67 bits per heavy atom. The van der Waals surface area contributed by atoms with Crippen molar-refractivity contribution in [3.8, 4) is 0 Å². The van der Waals surface area contributed by atoms with Crippen molar-refractivity contribution in [1.29, 1.82) is 0 Å². The fourth-order valence-corrected chi connectivity index (χ4v) is 0.289. The number of rotatable bonds is 3. The molecule has 0 N–H and O–H groups in total. The van der Waals surface area contributed by atoms with Crippen LogP contribution in [0.15, 0.2) is 0 Å². The van der Waals surface area contributed by atoms with Crippen molar-refractivity contribution in [3.63, 3.8) is 0 Å². The van der Waals surface area contributed by atoms with Crippen LogP contribution in [0.5, 0.6) is 0 Å². The zero-order chi connectivity index (χ0) is 4.83. The van der Waals surface area contributed by atoms with Gasteiger partial charge in [0.1, 0.15) is 7.85 Å². The maximum Gasteiger partial charge on any atom is 0.101 e. The molecule has 0 aromatic rings. The molecule has 0 radical (unpaired) electrons. The van der Waals surface area contributed by atoms with Crippen LogP contribution in [0.1, 0.15) is 6.42 Å². The third kappa shape index (κ3) is 4.02. The van der Waals surface area contributed by atoms with Gasteiger partial charge in [0.05, 0.1) is 0 Å². The van der Waals surface area contributed by atoms with Gasteiger partial charge in [-0.1, -0.05) is 6.32 Å². The Morgan fingerprint density at radius 3 is 2.50 bits per heavy atom. The van der Waals surface area contributed by atoms with Crippen molar-refractivity contribution in [2.45, 2.75) is 12.7 Å². The summed E-state index contributed by atoms with van der Waals surface area (Å²) in [5.74, 6) is 0. The van der Waals surface area contributed by atoms with E-state index >= 15 is 0 Å². The second-order valence-corrected chi connectivity index (χ2v) is 1.35. The summed E-state index contributed by atoms with van der Waals surface area (Å²) >= 11 is 0. The van der Waals surface area contributed by atoms with Gasteiger partial charge in [-0.15, -0.1) is 0 Å². The van der Waals surface area contributed by atoms with E-state index in [9.17, 15) is 0 Å². The first-order valence-corrected chi connectivity index (χ1v) is 2.40. The molecule has 1 nitrogen and oxygen atoms in total. The molecule has 0 spiro atoms. The Kier molecular flexibility index (Phi) is 5.05. The Bertz CT molecular complexity index is 19.5. The predicted molar refractivity (Wildman–Crippen MR) is 29.8 cm³/mol. The smallest absolute Gasteiger partial charge is 0.101 e. The molecular formula is C4H11BO. The fourth-order valence-electron chi connectivity index (χ4n) is 0.289. The molecule has 0 aromatic carbocycles. The molecule has 6 heavy (non-hydrogen) atoms. The van der Waals surface area contributed by atoms with Crippen LogP contribution in [-0.2, 0) is 4.74 Å². The molecule has 0 amide bonds. The molecule has 0 aliphatic rings. The van der Waals surface area contributed by atoms with Gasteiger partial charge in [-0.2, -0.15) is 0 Å². The van der Waals surface area contributed by atoms with Crippen molar-refractivity contribution >= 4 is 7.85 Å². The highest BCUT2D eigenvalue weighted by Crippen LogP contribution is 1.81. The van der Waals surface area contributed by atoms with Crippen LogP contribution >= 0.6 is 0 Å². The molecule has 0 bridgehead atoms. The number of methoxy groups -OCH3 is 1. The van der Waals surface area contributed by atoms with Gasteiger partial charge in [0.15, 0.2) is 0 Å². The van der Waals surface area contributed by atoms with Gasteiger partial charge < -0.3 is 4.74 Å². The Hall–Kier alpha value is 0.0249. The maximum atomic E-state index is 4.78. The average molecular weight is 85.9 g/mol. The minimum absolute atomic E-state index is 0.913. The second kappa shape index (κ2) is 5.02. The SMILES string of the molecule is BCCCOC. The van der Waals surface area contributed by atoms with Crippen LogP contribution in [0.3, 0.4) is 0 Å². The zero-order valence-corrected chi connectivity index (χ0v) is 4.53. The number of hydrogen-bond acceptors (Lipinski definition) is 1. The molecule has 36 valence electrons. The molecule has 0 unspecified atom stereocenters. The summed E-state index contributed by atoms with van der Waals surface area (Å²) in [5.41, 5.74) is 0. The van der Waals surface area contributed by atoms with Gasteiger partial charge in [0.25, 0.3) is 0 Å². The highest BCUT2D eigenvalue weighted by atomic mass is 16.5. The summed E-state index contributed by atoms with van der Waals surface area (Å²) in [4.78, 5) is 0. The van der Waals surface area contributed by atoms with E-state index in [1.165, 1.54) is 12.7 Å². The number of ether oxygens (including phenoxy) is 1. The van der Waals surface area contributed by atoms with Gasteiger partial charge in [0.2, 0.25) is 0 Å². The minimum atomic E-state index is 0.913. The molecular weight excluding hydrogens is 74.9 g/mol. The van der Waals surface area contributed by atoms with Crippen LogP contribution in [0.25, 0.3) is 0 Å². The third-order valence-corrected chi connectivity index (χ3v) is 0.702. The lowest BCUT2D eigenvalue weighted by Gasteiger charge is -1.89. The summed E-state index contributed by atoms with van der Waals surface area (Å²) in [6.45, 7) is 0.913. The van der Waals surface area contributed by atoms with E-state index < -0.39 is 0 Å². The van der Waals surface area contributed by atoms with Gasteiger partial charge in [-0.05, 0) is 6.42 Å². The number of hydrogen-bond donors (Lipinski definition) is 0. The minimum Gasteiger partial charge on any atom is -0.385 e. The molecule has 2 heteroatoms. The maximum absolute atomic E-state index is 4.78. The Labute approximate surface area is 40.1 Å². The molecule has 0 saturated heterocycles. The molecule has 0 saturated carbocycles. The van der Waals surface area contributed by atoms with E-state index in [-0.39, 0.29) is 0 Å². The van der Waals surface area contributed by atoms with E-state index in [0.717, 1.165) is 6.61 Å².